The van der Waals surface area contributed by atoms with Crippen LogP contribution in [-0.4, -0.2) is 37.3 Å². The highest BCUT2D eigenvalue weighted by atomic mass is 16.1. The van der Waals surface area contributed by atoms with Gasteiger partial charge in [-0.3, -0.25) is 9.36 Å². The minimum atomic E-state index is -0.189. The van der Waals surface area contributed by atoms with Crippen LogP contribution < -0.4 is 11.1 Å². The maximum atomic E-state index is 12.5. The summed E-state index contributed by atoms with van der Waals surface area (Å²) in [6.07, 6.45) is 3.58. The van der Waals surface area contributed by atoms with Gasteiger partial charge in [-0.25, -0.2) is 14.6 Å². The molecule has 4 aromatic rings. The van der Waals surface area contributed by atoms with E-state index in [9.17, 15) is 4.79 Å². The summed E-state index contributed by atoms with van der Waals surface area (Å²) >= 11 is 0. The molecule has 0 aliphatic heterocycles. The van der Waals surface area contributed by atoms with Gasteiger partial charge in [0.2, 0.25) is 0 Å². The first-order valence-corrected chi connectivity index (χ1v) is 8.50. The van der Waals surface area contributed by atoms with Gasteiger partial charge in [0, 0.05) is 12.4 Å². The van der Waals surface area contributed by atoms with Crippen molar-refractivity contribution in [3.05, 3.63) is 42.4 Å². The number of nitrogens with two attached hydrogens (primary N) is 1. The maximum Gasteiger partial charge on any atom is 0.268 e. The number of benzene rings is 1. The molecule has 0 spiro atoms. The highest BCUT2D eigenvalue weighted by molar-refractivity contribution is 6.02. The summed E-state index contributed by atoms with van der Waals surface area (Å²) in [5.41, 5.74) is 8.27. The van der Waals surface area contributed by atoms with Crippen molar-refractivity contribution in [2.75, 3.05) is 12.8 Å². The summed E-state index contributed by atoms with van der Waals surface area (Å²) in [5.74, 6) is 0.757. The van der Waals surface area contributed by atoms with Gasteiger partial charge in [-0.1, -0.05) is 18.2 Å². The predicted octanol–water partition coefficient (Wildman–Crippen LogP) is 2.05. The van der Waals surface area contributed by atoms with Crippen molar-refractivity contribution in [3.63, 3.8) is 0 Å². The lowest BCUT2D eigenvalue weighted by Crippen LogP contribution is -2.21. The average Bonchev–Trinajstić information content (AvgIpc) is 3.32. The highest BCUT2D eigenvalue weighted by Crippen LogP contribution is 2.39. The summed E-state index contributed by atoms with van der Waals surface area (Å²) in [5, 5.41) is 9.13. The van der Waals surface area contributed by atoms with Crippen molar-refractivity contribution in [2.45, 2.75) is 18.9 Å². The maximum absolute atomic E-state index is 12.5. The first-order chi connectivity index (χ1) is 12.7. The first kappa shape index (κ1) is 14.9. The van der Waals surface area contributed by atoms with Crippen LogP contribution in [0.4, 0.5) is 5.82 Å². The number of nitrogen functional groups attached to an aromatic ring is 1. The van der Waals surface area contributed by atoms with Crippen LogP contribution in [0.1, 0.15) is 29.4 Å². The first-order valence-electron chi connectivity index (χ1n) is 8.50. The van der Waals surface area contributed by atoms with Crippen LogP contribution in [0.25, 0.3) is 27.8 Å². The second-order valence-corrected chi connectivity index (χ2v) is 6.46. The van der Waals surface area contributed by atoms with Gasteiger partial charge in [0.15, 0.2) is 11.5 Å². The van der Waals surface area contributed by atoms with Crippen molar-refractivity contribution >= 4 is 33.7 Å². The van der Waals surface area contributed by atoms with Gasteiger partial charge in [-0.2, -0.15) is 5.10 Å². The molecule has 0 atom stereocenters. The molecular weight excluding hydrogens is 330 g/mol. The predicted molar refractivity (Wildman–Crippen MR) is 98.2 cm³/mol. The molecule has 0 radical (unpaired) electrons. The van der Waals surface area contributed by atoms with Crippen LogP contribution in [0.5, 0.6) is 0 Å². The Kier molecular flexibility index (Phi) is 3.03. The highest BCUT2D eigenvalue weighted by Gasteiger charge is 2.30. The van der Waals surface area contributed by atoms with Crippen molar-refractivity contribution in [2.24, 2.45) is 0 Å². The van der Waals surface area contributed by atoms with Crippen molar-refractivity contribution in [1.82, 2.24) is 29.6 Å². The number of carbonyl (C=O) groups is 1. The minimum Gasteiger partial charge on any atom is -0.383 e. The third-order valence-electron chi connectivity index (χ3n) is 4.77. The quantitative estimate of drug-likeness (QED) is 0.590. The lowest BCUT2D eigenvalue weighted by atomic mass is 10.2. The molecule has 8 nitrogen and oxygen atoms in total. The van der Waals surface area contributed by atoms with E-state index in [1.807, 2.05) is 39.6 Å². The number of nitrogens with one attached hydrogen (secondary N) is 1. The van der Waals surface area contributed by atoms with E-state index in [2.05, 4.69) is 15.3 Å². The molecule has 1 aromatic carbocycles. The molecule has 1 amide bonds. The molecule has 0 saturated heterocycles. The second kappa shape index (κ2) is 5.29. The molecule has 1 saturated carbocycles. The second-order valence-electron chi connectivity index (χ2n) is 6.46. The molecule has 8 heteroatoms. The van der Waals surface area contributed by atoms with Gasteiger partial charge in [0.05, 0.1) is 11.6 Å². The molecule has 5 rings (SSSR count). The fraction of sp³-hybridized carbons (Fsp3) is 0.222. The van der Waals surface area contributed by atoms with Crippen LogP contribution in [0, 0.1) is 0 Å². The van der Waals surface area contributed by atoms with E-state index in [1.54, 1.807) is 7.05 Å². The normalized spacial score (nSPS) is 14.2. The third-order valence-corrected chi connectivity index (χ3v) is 4.77. The SMILES string of the molecule is CNC(=O)c1cc2ccccc2n1-c1nn(C2CC2)c2ncnc(N)c12. The molecule has 1 aliphatic carbocycles. The smallest absolute Gasteiger partial charge is 0.268 e. The fourth-order valence-electron chi connectivity index (χ4n) is 3.39. The number of rotatable bonds is 3. The zero-order valence-corrected chi connectivity index (χ0v) is 14.2. The molecule has 3 aromatic heterocycles. The van der Waals surface area contributed by atoms with E-state index in [1.165, 1.54) is 6.33 Å². The molecular formula is C18H17N7O. The fourth-order valence-corrected chi connectivity index (χ4v) is 3.39. The number of hydrogen-bond acceptors (Lipinski definition) is 5. The molecule has 3 heterocycles. The largest absolute Gasteiger partial charge is 0.383 e. The van der Waals surface area contributed by atoms with Gasteiger partial charge in [0.1, 0.15) is 23.2 Å². The zero-order chi connectivity index (χ0) is 17.8. The summed E-state index contributed by atoms with van der Waals surface area (Å²) in [4.78, 5) is 21.1. The minimum absolute atomic E-state index is 0.189. The van der Waals surface area contributed by atoms with E-state index >= 15 is 0 Å². The number of nitrogens with zero attached hydrogens (tertiary/aromatic N) is 5. The van der Waals surface area contributed by atoms with Crippen LogP contribution in [0.15, 0.2) is 36.7 Å². The number of carbonyl (C=O) groups excluding carboxylic acids is 1. The lowest BCUT2D eigenvalue weighted by molar-refractivity contribution is 0.0956. The number of fused-ring (bicyclic) bond motifs is 2. The Morgan fingerprint density at radius 2 is 2.08 bits per heavy atom. The van der Waals surface area contributed by atoms with Crippen molar-refractivity contribution < 1.29 is 4.79 Å². The van der Waals surface area contributed by atoms with Gasteiger partial charge in [0.25, 0.3) is 5.91 Å². The summed E-state index contributed by atoms with van der Waals surface area (Å²) in [7, 11) is 1.61. The lowest BCUT2D eigenvalue weighted by Gasteiger charge is -2.08. The number of aromatic nitrogens is 5. The van der Waals surface area contributed by atoms with Gasteiger partial charge >= 0.3 is 0 Å². The van der Waals surface area contributed by atoms with Crippen molar-refractivity contribution in [1.29, 1.82) is 0 Å². The zero-order valence-electron chi connectivity index (χ0n) is 14.2. The molecule has 0 unspecified atom stereocenters. The van der Waals surface area contributed by atoms with E-state index in [4.69, 9.17) is 10.8 Å². The van der Waals surface area contributed by atoms with E-state index in [0.717, 1.165) is 23.7 Å². The Morgan fingerprint density at radius 1 is 1.27 bits per heavy atom. The Hall–Kier alpha value is -3.42. The van der Waals surface area contributed by atoms with E-state index in [0.29, 0.717) is 34.4 Å². The Balaban J connectivity index is 1.90. The third kappa shape index (κ3) is 2.01. The topological polar surface area (TPSA) is 104 Å². The Labute approximate surface area is 148 Å². The van der Waals surface area contributed by atoms with Gasteiger partial charge in [-0.05, 0) is 25.0 Å². The summed E-state index contributed by atoms with van der Waals surface area (Å²) < 4.78 is 3.75. The number of anilines is 1. The van der Waals surface area contributed by atoms with E-state index < -0.39 is 0 Å². The average molecular weight is 347 g/mol. The van der Waals surface area contributed by atoms with E-state index in [-0.39, 0.29) is 5.91 Å². The molecule has 1 aliphatic rings. The molecule has 0 bridgehead atoms. The number of para-hydroxylation sites is 1. The van der Waals surface area contributed by atoms with Crippen LogP contribution >= 0.6 is 0 Å². The molecule has 130 valence electrons. The molecule has 26 heavy (non-hydrogen) atoms. The summed E-state index contributed by atoms with van der Waals surface area (Å²) in [6, 6.07) is 9.99. The Morgan fingerprint density at radius 3 is 2.85 bits per heavy atom. The number of hydrogen-bond donors (Lipinski definition) is 2. The van der Waals surface area contributed by atoms with Gasteiger partial charge in [-0.15, -0.1) is 0 Å². The van der Waals surface area contributed by atoms with Crippen LogP contribution in [-0.2, 0) is 0 Å². The Bertz CT molecular complexity index is 1170. The van der Waals surface area contributed by atoms with Crippen molar-refractivity contribution in [3.8, 4) is 5.82 Å². The van der Waals surface area contributed by atoms with Crippen LogP contribution in [0.2, 0.25) is 0 Å². The standard InChI is InChI=1S/C18H17N7O/c1-20-18(26)13-8-10-4-2-3-5-12(10)24(13)17-14-15(19)21-9-22-16(14)25(23-17)11-6-7-11/h2-5,8-9,11H,6-7H2,1H3,(H,20,26)(H2,19,21,22). The molecule has 1 fully saturated rings. The molecule has 3 N–H and O–H groups in total. The van der Waals surface area contributed by atoms with Crippen LogP contribution in [0.3, 0.4) is 0 Å². The van der Waals surface area contributed by atoms with Gasteiger partial charge < -0.3 is 11.1 Å². The monoisotopic (exact) mass is 347 g/mol. The number of amides is 1. The summed E-state index contributed by atoms with van der Waals surface area (Å²) in [6.45, 7) is 0.